The second-order valence-electron chi connectivity index (χ2n) is 6.90. The Kier molecular flexibility index (Phi) is 7.37. The van der Waals surface area contributed by atoms with Crippen molar-refractivity contribution in [2.75, 3.05) is 39.3 Å². The Morgan fingerprint density at radius 3 is 2.81 bits per heavy atom. The highest BCUT2D eigenvalue weighted by Crippen LogP contribution is 2.24. The third-order valence-corrected chi connectivity index (χ3v) is 4.62. The van der Waals surface area contributed by atoms with Gasteiger partial charge in [-0.1, -0.05) is 19.0 Å². The van der Waals surface area contributed by atoms with Crippen LogP contribution in [0.25, 0.3) is 11.1 Å². The van der Waals surface area contributed by atoms with Crippen molar-refractivity contribution in [2.24, 2.45) is 0 Å². The van der Waals surface area contributed by atoms with Crippen LogP contribution in [0.2, 0.25) is 0 Å². The van der Waals surface area contributed by atoms with Gasteiger partial charge in [0.1, 0.15) is 0 Å². The van der Waals surface area contributed by atoms with Gasteiger partial charge in [-0.25, -0.2) is 4.98 Å². The summed E-state index contributed by atoms with van der Waals surface area (Å²) < 4.78 is 5.28. The minimum absolute atomic E-state index is 0. The van der Waals surface area contributed by atoms with E-state index in [0.29, 0.717) is 28.9 Å². The van der Waals surface area contributed by atoms with E-state index in [2.05, 4.69) is 25.7 Å². The summed E-state index contributed by atoms with van der Waals surface area (Å²) in [7, 11) is 0. The van der Waals surface area contributed by atoms with Crippen LogP contribution in [0.1, 0.15) is 47.9 Å². The van der Waals surface area contributed by atoms with Gasteiger partial charge in [0.25, 0.3) is 11.6 Å². The number of hydrogen-bond donors (Lipinski definition) is 2. The molecule has 0 unspecified atom stereocenters. The molecule has 3 rings (SSSR count). The molecule has 1 aliphatic rings. The third kappa shape index (κ3) is 4.72. The topological polar surface area (TPSA) is 83.3 Å². The van der Waals surface area contributed by atoms with Crippen molar-refractivity contribution in [3.05, 3.63) is 23.0 Å². The van der Waals surface area contributed by atoms with E-state index in [1.165, 1.54) is 0 Å². The van der Waals surface area contributed by atoms with E-state index in [1.807, 2.05) is 26.8 Å². The predicted molar refractivity (Wildman–Crippen MR) is 104 cm³/mol. The first-order chi connectivity index (χ1) is 12.1. The van der Waals surface area contributed by atoms with Crippen LogP contribution in [0.3, 0.4) is 0 Å². The van der Waals surface area contributed by atoms with E-state index in [-0.39, 0.29) is 24.2 Å². The highest BCUT2D eigenvalue weighted by atomic mass is 35.5. The number of piperazine rings is 1. The van der Waals surface area contributed by atoms with Gasteiger partial charge in [0, 0.05) is 38.4 Å². The van der Waals surface area contributed by atoms with Crippen LogP contribution in [0, 0.1) is 6.92 Å². The molecule has 0 radical (unpaired) electrons. The fourth-order valence-corrected chi connectivity index (χ4v) is 3.12. The summed E-state index contributed by atoms with van der Waals surface area (Å²) in [6.45, 7) is 11.9. The number of fused-ring (bicyclic) bond motifs is 1. The number of halogens is 1. The number of carbonyl (C=O) groups is 1. The van der Waals surface area contributed by atoms with Crippen LogP contribution >= 0.6 is 12.4 Å². The van der Waals surface area contributed by atoms with Crippen LogP contribution in [0.5, 0.6) is 0 Å². The summed E-state index contributed by atoms with van der Waals surface area (Å²) in [6.07, 6.45) is 0.944. The smallest absolute Gasteiger partial charge is 0.259 e. The van der Waals surface area contributed by atoms with Gasteiger partial charge in [-0.2, -0.15) is 0 Å². The molecule has 1 amide bonds. The summed E-state index contributed by atoms with van der Waals surface area (Å²) in [5.41, 5.74) is 2.59. The Bertz CT molecular complexity index is 741. The third-order valence-electron chi connectivity index (χ3n) is 4.62. The van der Waals surface area contributed by atoms with Crippen molar-refractivity contribution in [1.82, 2.24) is 25.7 Å². The van der Waals surface area contributed by atoms with Crippen molar-refractivity contribution in [1.29, 1.82) is 0 Å². The minimum Gasteiger partial charge on any atom is -0.352 e. The zero-order valence-electron chi connectivity index (χ0n) is 15.7. The van der Waals surface area contributed by atoms with Crippen LogP contribution in [0.4, 0.5) is 0 Å². The molecule has 0 saturated carbocycles. The van der Waals surface area contributed by atoms with Gasteiger partial charge in [-0.05, 0) is 31.9 Å². The molecule has 7 nitrogen and oxygen atoms in total. The Balaban J connectivity index is 0.00000243. The maximum absolute atomic E-state index is 12.7. The Morgan fingerprint density at radius 1 is 1.38 bits per heavy atom. The summed E-state index contributed by atoms with van der Waals surface area (Å²) in [4.78, 5) is 19.6. The number of aryl methyl sites for hydroxylation is 1. The molecule has 3 heterocycles. The van der Waals surface area contributed by atoms with Crippen molar-refractivity contribution >= 4 is 29.4 Å². The van der Waals surface area contributed by atoms with Crippen LogP contribution in [0.15, 0.2) is 10.6 Å². The lowest BCUT2D eigenvalue weighted by atomic mass is 10.0. The van der Waals surface area contributed by atoms with Crippen molar-refractivity contribution < 1.29 is 9.32 Å². The summed E-state index contributed by atoms with van der Waals surface area (Å²) in [5.74, 6) is 0.134. The van der Waals surface area contributed by atoms with Gasteiger partial charge in [0.15, 0.2) is 0 Å². The van der Waals surface area contributed by atoms with Gasteiger partial charge in [-0.3, -0.25) is 4.79 Å². The van der Waals surface area contributed by atoms with Crippen molar-refractivity contribution in [3.63, 3.8) is 0 Å². The Hall–Kier alpha value is -1.70. The average Bonchev–Trinajstić information content (AvgIpc) is 3.00. The van der Waals surface area contributed by atoms with Crippen molar-refractivity contribution in [2.45, 2.75) is 33.1 Å². The van der Waals surface area contributed by atoms with E-state index in [9.17, 15) is 4.79 Å². The molecule has 2 aromatic rings. The number of nitrogens with zero attached hydrogens (tertiary/aromatic N) is 3. The Labute approximate surface area is 160 Å². The van der Waals surface area contributed by atoms with Crippen LogP contribution < -0.4 is 10.6 Å². The van der Waals surface area contributed by atoms with E-state index >= 15 is 0 Å². The monoisotopic (exact) mass is 381 g/mol. The lowest BCUT2D eigenvalue weighted by Crippen LogP contribution is -2.44. The molecule has 0 bridgehead atoms. The van der Waals surface area contributed by atoms with Gasteiger partial charge in [-0.15, -0.1) is 12.4 Å². The van der Waals surface area contributed by atoms with E-state index < -0.39 is 0 Å². The molecule has 0 spiro atoms. The van der Waals surface area contributed by atoms with Gasteiger partial charge >= 0.3 is 0 Å². The highest BCUT2D eigenvalue weighted by Gasteiger charge is 2.19. The maximum Gasteiger partial charge on any atom is 0.259 e. The summed E-state index contributed by atoms with van der Waals surface area (Å²) in [6, 6.07) is 1.86. The summed E-state index contributed by atoms with van der Waals surface area (Å²) in [5, 5.41) is 11.1. The number of pyridine rings is 1. The number of amides is 1. The van der Waals surface area contributed by atoms with Crippen LogP contribution in [-0.2, 0) is 0 Å². The summed E-state index contributed by atoms with van der Waals surface area (Å²) >= 11 is 0. The molecular formula is C18H28ClN5O2. The predicted octanol–water partition coefficient (Wildman–Crippen LogP) is 2.10. The Morgan fingerprint density at radius 2 is 2.12 bits per heavy atom. The first kappa shape index (κ1) is 20.6. The normalized spacial score (nSPS) is 15.2. The second kappa shape index (κ2) is 9.30. The maximum atomic E-state index is 12.7. The van der Waals surface area contributed by atoms with E-state index in [0.717, 1.165) is 44.8 Å². The highest BCUT2D eigenvalue weighted by molar-refractivity contribution is 6.06. The standard InChI is InChI=1S/C18H27N5O2.ClH/c1-12(2)15-11-14(16-13(3)22-25-18(16)21-15)17(24)20-5-4-8-23-9-6-19-7-10-23;/h11-12,19H,4-10H2,1-3H3,(H,20,24);1H. The molecule has 8 heteroatoms. The van der Waals surface area contributed by atoms with Gasteiger partial charge in [0.2, 0.25) is 0 Å². The molecule has 1 saturated heterocycles. The zero-order valence-corrected chi connectivity index (χ0v) is 16.5. The molecule has 0 aromatic carbocycles. The largest absolute Gasteiger partial charge is 0.352 e. The minimum atomic E-state index is -0.0825. The fourth-order valence-electron chi connectivity index (χ4n) is 3.12. The molecule has 26 heavy (non-hydrogen) atoms. The SMILES string of the molecule is Cc1noc2nc(C(C)C)cc(C(=O)NCCCN3CCNCC3)c12.Cl. The average molecular weight is 382 g/mol. The lowest BCUT2D eigenvalue weighted by molar-refractivity contribution is 0.0952. The molecule has 2 N–H and O–H groups in total. The van der Waals surface area contributed by atoms with Gasteiger partial charge < -0.3 is 20.1 Å². The quantitative estimate of drug-likeness (QED) is 0.745. The molecular weight excluding hydrogens is 354 g/mol. The van der Waals surface area contributed by atoms with E-state index in [4.69, 9.17) is 4.52 Å². The molecule has 1 aliphatic heterocycles. The number of rotatable bonds is 6. The number of aromatic nitrogens is 2. The molecule has 0 aliphatic carbocycles. The zero-order chi connectivity index (χ0) is 17.8. The van der Waals surface area contributed by atoms with Crippen molar-refractivity contribution in [3.8, 4) is 0 Å². The molecule has 1 fully saturated rings. The molecule has 2 aromatic heterocycles. The number of carbonyl (C=O) groups excluding carboxylic acids is 1. The first-order valence-electron chi connectivity index (χ1n) is 9.04. The van der Waals surface area contributed by atoms with Gasteiger partial charge in [0.05, 0.1) is 16.6 Å². The fraction of sp³-hybridized carbons (Fsp3) is 0.611. The number of hydrogen-bond acceptors (Lipinski definition) is 6. The second-order valence-corrected chi connectivity index (χ2v) is 6.90. The lowest BCUT2D eigenvalue weighted by Gasteiger charge is -2.27. The van der Waals surface area contributed by atoms with E-state index in [1.54, 1.807) is 0 Å². The molecule has 144 valence electrons. The molecule has 0 atom stereocenters. The number of nitrogens with one attached hydrogen (secondary N) is 2. The van der Waals surface area contributed by atoms with Crippen LogP contribution in [-0.4, -0.2) is 60.2 Å². The first-order valence-corrected chi connectivity index (χ1v) is 9.04.